The Morgan fingerprint density at radius 1 is 0.971 bits per heavy atom. The number of methoxy groups -OCH3 is 1. The Bertz CT molecular complexity index is 1380. The van der Waals surface area contributed by atoms with E-state index in [1.54, 1.807) is 37.3 Å². The Morgan fingerprint density at radius 2 is 1.65 bits per heavy atom. The highest BCUT2D eigenvalue weighted by molar-refractivity contribution is 7.92. The molecule has 3 aromatic carbocycles. The molecule has 0 atom stereocenters. The van der Waals surface area contributed by atoms with Gasteiger partial charge >= 0.3 is 0 Å². The molecule has 8 heteroatoms. The number of rotatable bonds is 8. The van der Waals surface area contributed by atoms with Crippen LogP contribution in [-0.4, -0.2) is 28.0 Å². The van der Waals surface area contributed by atoms with Crippen LogP contribution in [0.15, 0.2) is 95.2 Å². The van der Waals surface area contributed by atoms with Crippen molar-refractivity contribution in [3.05, 3.63) is 95.2 Å². The normalized spacial score (nSPS) is 11.1. The molecular weight excluding hydrogens is 468 g/mol. The van der Waals surface area contributed by atoms with Crippen molar-refractivity contribution in [2.45, 2.75) is 11.8 Å². The van der Waals surface area contributed by atoms with Gasteiger partial charge in [0.15, 0.2) is 0 Å². The highest BCUT2D eigenvalue weighted by Gasteiger charge is 2.25. The summed E-state index contributed by atoms with van der Waals surface area (Å²) in [4.78, 5) is 13.8. The smallest absolute Gasteiger partial charge is 0.266 e. The van der Waals surface area contributed by atoms with Crippen LogP contribution in [0.3, 0.4) is 0 Å². The summed E-state index contributed by atoms with van der Waals surface area (Å²) in [5.41, 5.74) is 2.59. The molecule has 0 saturated heterocycles. The molecule has 0 spiro atoms. The summed E-state index contributed by atoms with van der Waals surface area (Å²) >= 11 is 1.32. The lowest BCUT2D eigenvalue weighted by Crippen LogP contribution is -2.30. The van der Waals surface area contributed by atoms with Crippen LogP contribution >= 0.6 is 11.3 Å². The lowest BCUT2D eigenvalue weighted by molar-refractivity contribution is 0.103. The molecule has 1 N–H and O–H groups in total. The topological polar surface area (TPSA) is 75.7 Å². The van der Waals surface area contributed by atoms with Gasteiger partial charge in [0.05, 0.1) is 28.3 Å². The fraction of sp³-hybridized carbons (Fsp3) is 0.115. The minimum atomic E-state index is -3.86. The molecule has 174 valence electrons. The minimum absolute atomic E-state index is 0.0590. The van der Waals surface area contributed by atoms with E-state index in [2.05, 4.69) is 5.32 Å². The summed E-state index contributed by atoms with van der Waals surface area (Å²) in [5, 5.41) is 4.70. The minimum Gasteiger partial charge on any atom is -0.495 e. The Hall–Kier alpha value is -3.62. The summed E-state index contributed by atoms with van der Waals surface area (Å²) in [6, 6.07) is 24.9. The fourth-order valence-corrected chi connectivity index (χ4v) is 5.98. The first-order valence-corrected chi connectivity index (χ1v) is 13.0. The number of hydrogen-bond donors (Lipinski definition) is 1. The van der Waals surface area contributed by atoms with Crippen molar-refractivity contribution in [1.82, 2.24) is 0 Å². The molecule has 0 saturated carbocycles. The number of benzene rings is 3. The van der Waals surface area contributed by atoms with E-state index in [1.807, 2.05) is 47.8 Å². The van der Waals surface area contributed by atoms with E-state index in [4.69, 9.17) is 4.74 Å². The third-order valence-corrected chi connectivity index (χ3v) is 8.11. The third-order valence-electron chi connectivity index (χ3n) is 5.29. The number of carbonyl (C=O) groups is 1. The summed E-state index contributed by atoms with van der Waals surface area (Å²) in [6.07, 6.45) is 0. The number of nitrogens with zero attached hydrogens (tertiary/aromatic N) is 1. The van der Waals surface area contributed by atoms with E-state index in [9.17, 15) is 13.2 Å². The quantitative estimate of drug-likeness (QED) is 0.333. The number of nitrogens with one attached hydrogen (secondary N) is 1. The van der Waals surface area contributed by atoms with Crippen molar-refractivity contribution in [2.75, 3.05) is 23.3 Å². The summed E-state index contributed by atoms with van der Waals surface area (Å²) in [5.74, 6) is 0.0324. The Morgan fingerprint density at radius 3 is 2.29 bits per heavy atom. The molecule has 0 aliphatic rings. The molecule has 6 nitrogen and oxygen atoms in total. The van der Waals surface area contributed by atoms with E-state index < -0.39 is 10.0 Å². The monoisotopic (exact) mass is 492 g/mol. The zero-order valence-corrected chi connectivity index (χ0v) is 20.4. The van der Waals surface area contributed by atoms with Gasteiger partial charge in [-0.15, -0.1) is 11.3 Å². The van der Waals surface area contributed by atoms with Gasteiger partial charge in [0.1, 0.15) is 5.75 Å². The lowest BCUT2D eigenvalue weighted by atomic mass is 10.1. The van der Waals surface area contributed by atoms with Crippen LogP contribution in [0.1, 0.15) is 16.6 Å². The first-order chi connectivity index (χ1) is 16.5. The molecule has 1 amide bonds. The third kappa shape index (κ3) is 4.69. The van der Waals surface area contributed by atoms with Crippen molar-refractivity contribution < 1.29 is 17.9 Å². The van der Waals surface area contributed by atoms with Crippen LogP contribution in [0, 0.1) is 0 Å². The largest absolute Gasteiger partial charge is 0.495 e. The zero-order chi connectivity index (χ0) is 24.1. The number of hydrogen-bond acceptors (Lipinski definition) is 5. The van der Waals surface area contributed by atoms with Gasteiger partial charge in [-0.05, 0) is 54.3 Å². The molecule has 0 aliphatic carbocycles. The average molecular weight is 493 g/mol. The van der Waals surface area contributed by atoms with Crippen molar-refractivity contribution >= 4 is 38.6 Å². The van der Waals surface area contributed by atoms with E-state index in [-0.39, 0.29) is 23.0 Å². The number of ether oxygens (including phenoxy) is 1. The number of amides is 1. The molecular formula is C26H24N2O4S2. The summed E-state index contributed by atoms with van der Waals surface area (Å²) < 4.78 is 33.6. The van der Waals surface area contributed by atoms with Gasteiger partial charge in [0.25, 0.3) is 15.9 Å². The van der Waals surface area contributed by atoms with Gasteiger partial charge in [-0.2, -0.15) is 0 Å². The van der Waals surface area contributed by atoms with E-state index in [0.29, 0.717) is 16.3 Å². The summed E-state index contributed by atoms with van der Waals surface area (Å²) in [6.45, 7) is 2.04. The molecule has 0 radical (unpaired) electrons. The number of carbonyl (C=O) groups excluding carboxylic acids is 1. The van der Waals surface area contributed by atoms with Gasteiger partial charge in [0, 0.05) is 12.1 Å². The standard InChI is InChI=1S/C26H24N2O4S2/c1-3-28(20-12-8-5-9-13-20)34(30,31)21-14-15-24(32-2)23(18-21)27-26(29)25-22(16-17-33-25)19-10-6-4-7-11-19/h4-18H,3H2,1-2H3,(H,27,29). The lowest BCUT2D eigenvalue weighted by Gasteiger charge is -2.23. The second-order valence-electron chi connectivity index (χ2n) is 7.35. The maximum atomic E-state index is 13.4. The van der Waals surface area contributed by atoms with Gasteiger partial charge in [-0.3, -0.25) is 9.10 Å². The fourth-order valence-electron chi connectivity index (χ4n) is 3.67. The molecule has 0 aliphatic heterocycles. The maximum absolute atomic E-state index is 13.4. The predicted octanol–water partition coefficient (Wildman–Crippen LogP) is 5.89. The van der Waals surface area contributed by atoms with E-state index >= 15 is 0 Å². The van der Waals surface area contributed by atoms with Crippen LogP contribution in [-0.2, 0) is 10.0 Å². The SMILES string of the molecule is CCN(c1ccccc1)S(=O)(=O)c1ccc(OC)c(NC(=O)c2sccc2-c2ccccc2)c1. The first kappa shape index (κ1) is 23.5. The van der Waals surface area contributed by atoms with Crippen molar-refractivity contribution in [3.63, 3.8) is 0 Å². The average Bonchev–Trinajstić information content (AvgIpc) is 3.36. The molecule has 0 fully saturated rings. The van der Waals surface area contributed by atoms with Gasteiger partial charge < -0.3 is 10.1 Å². The van der Waals surface area contributed by atoms with Crippen LogP contribution in [0.4, 0.5) is 11.4 Å². The second kappa shape index (κ2) is 10.1. The number of anilines is 2. The highest BCUT2D eigenvalue weighted by Crippen LogP contribution is 2.33. The Labute approximate surface area is 203 Å². The molecule has 0 bridgehead atoms. The summed E-state index contributed by atoms with van der Waals surface area (Å²) in [7, 11) is -2.39. The molecule has 34 heavy (non-hydrogen) atoms. The van der Waals surface area contributed by atoms with Gasteiger partial charge in [-0.1, -0.05) is 48.5 Å². The Kier molecular flexibility index (Phi) is 7.00. The van der Waals surface area contributed by atoms with Crippen LogP contribution in [0.5, 0.6) is 5.75 Å². The predicted molar refractivity (Wildman–Crippen MR) is 137 cm³/mol. The van der Waals surface area contributed by atoms with Gasteiger partial charge in [0.2, 0.25) is 0 Å². The molecule has 0 unspecified atom stereocenters. The zero-order valence-electron chi connectivity index (χ0n) is 18.8. The second-order valence-corrected chi connectivity index (χ2v) is 10.1. The molecule has 4 aromatic rings. The van der Waals surface area contributed by atoms with Crippen molar-refractivity contribution in [2.24, 2.45) is 0 Å². The van der Waals surface area contributed by atoms with Crippen LogP contribution in [0.25, 0.3) is 11.1 Å². The van der Waals surface area contributed by atoms with Gasteiger partial charge in [-0.25, -0.2) is 8.42 Å². The first-order valence-electron chi connectivity index (χ1n) is 10.7. The molecule has 4 rings (SSSR count). The molecule has 1 aromatic heterocycles. The number of para-hydroxylation sites is 1. The van der Waals surface area contributed by atoms with Crippen LogP contribution in [0.2, 0.25) is 0 Å². The van der Waals surface area contributed by atoms with Crippen LogP contribution < -0.4 is 14.4 Å². The molecule has 1 heterocycles. The number of thiophene rings is 1. The van der Waals surface area contributed by atoms with Crippen molar-refractivity contribution in [1.29, 1.82) is 0 Å². The van der Waals surface area contributed by atoms with E-state index in [1.165, 1.54) is 34.9 Å². The maximum Gasteiger partial charge on any atom is 0.266 e. The number of sulfonamides is 1. The Balaban J connectivity index is 1.68. The van der Waals surface area contributed by atoms with E-state index in [0.717, 1.165) is 11.1 Å². The van der Waals surface area contributed by atoms with Crippen molar-refractivity contribution in [3.8, 4) is 16.9 Å². The highest BCUT2D eigenvalue weighted by atomic mass is 32.2.